The molecular formula is C13H18N2O3. The molecule has 18 heavy (non-hydrogen) atoms. The van der Waals surface area contributed by atoms with Gasteiger partial charge in [-0.3, -0.25) is 0 Å². The third-order valence-electron chi connectivity index (χ3n) is 2.55. The summed E-state index contributed by atoms with van der Waals surface area (Å²) >= 11 is 0. The van der Waals surface area contributed by atoms with Gasteiger partial charge in [0.15, 0.2) is 0 Å². The minimum Gasteiger partial charge on any atom is -0.480 e. The van der Waals surface area contributed by atoms with E-state index >= 15 is 0 Å². The standard InChI is InChI=1S/C13H18N2O3/c1-4-9-6-5-7-10(8-9)14-12(18)15-13(2,3)11(16)17/h5-8H,4H2,1-3H3,(H,16,17)(H2,14,15,18). The van der Waals surface area contributed by atoms with E-state index in [4.69, 9.17) is 5.11 Å². The van der Waals surface area contributed by atoms with Crippen molar-refractivity contribution < 1.29 is 14.7 Å². The topological polar surface area (TPSA) is 78.4 Å². The zero-order valence-corrected chi connectivity index (χ0v) is 10.8. The highest BCUT2D eigenvalue weighted by atomic mass is 16.4. The molecular weight excluding hydrogens is 232 g/mol. The number of carbonyl (C=O) groups is 2. The SMILES string of the molecule is CCc1cccc(NC(=O)NC(C)(C)C(=O)O)c1. The van der Waals surface area contributed by atoms with Crippen LogP contribution in [0.2, 0.25) is 0 Å². The van der Waals surface area contributed by atoms with Gasteiger partial charge in [-0.15, -0.1) is 0 Å². The maximum atomic E-state index is 11.6. The molecule has 0 bridgehead atoms. The summed E-state index contributed by atoms with van der Waals surface area (Å²) in [7, 11) is 0. The number of carboxylic acid groups (broad SMARTS) is 1. The van der Waals surface area contributed by atoms with Crippen molar-refractivity contribution >= 4 is 17.7 Å². The largest absolute Gasteiger partial charge is 0.480 e. The Morgan fingerprint density at radius 3 is 2.56 bits per heavy atom. The third kappa shape index (κ3) is 3.76. The number of carbonyl (C=O) groups excluding carboxylic acids is 1. The number of hydrogen-bond acceptors (Lipinski definition) is 2. The Bertz CT molecular complexity index is 455. The van der Waals surface area contributed by atoms with Gasteiger partial charge in [0.05, 0.1) is 0 Å². The van der Waals surface area contributed by atoms with E-state index in [1.165, 1.54) is 13.8 Å². The zero-order valence-electron chi connectivity index (χ0n) is 10.8. The Labute approximate surface area is 106 Å². The number of aryl methyl sites for hydroxylation is 1. The molecule has 0 unspecified atom stereocenters. The fourth-order valence-electron chi connectivity index (χ4n) is 1.37. The maximum Gasteiger partial charge on any atom is 0.328 e. The van der Waals surface area contributed by atoms with Crippen molar-refractivity contribution in [3.8, 4) is 0 Å². The van der Waals surface area contributed by atoms with E-state index in [1.54, 1.807) is 6.07 Å². The highest BCUT2D eigenvalue weighted by Crippen LogP contribution is 2.11. The fourth-order valence-corrected chi connectivity index (χ4v) is 1.37. The van der Waals surface area contributed by atoms with Crippen molar-refractivity contribution in [3.63, 3.8) is 0 Å². The number of anilines is 1. The van der Waals surface area contributed by atoms with Gasteiger partial charge in [-0.2, -0.15) is 0 Å². The molecule has 0 radical (unpaired) electrons. The van der Waals surface area contributed by atoms with Gasteiger partial charge in [0.2, 0.25) is 0 Å². The first kappa shape index (κ1) is 14.0. The van der Waals surface area contributed by atoms with Crippen molar-refractivity contribution in [2.24, 2.45) is 0 Å². The molecule has 3 N–H and O–H groups in total. The summed E-state index contributed by atoms with van der Waals surface area (Å²) < 4.78 is 0. The van der Waals surface area contributed by atoms with Crippen LogP contribution in [-0.2, 0) is 11.2 Å². The van der Waals surface area contributed by atoms with E-state index in [9.17, 15) is 9.59 Å². The first-order valence-electron chi connectivity index (χ1n) is 5.76. The molecule has 0 atom stereocenters. The molecule has 5 heteroatoms. The number of aliphatic carboxylic acids is 1. The molecule has 0 saturated carbocycles. The Balaban J connectivity index is 2.67. The van der Waals surface area contributed by atoms with E-state index in [0.29, 0.717) is 5.69 Å². The van der Waals surface area contributed by atoms with Crippen LogP contribution >= 0.6 is 0 Å². The van der Waals surface area contributed by atoms with Gasteiger partial charge in [-0.25, -0.2) is 9.59 Å². The molecule has 2 amide bonds. The zero-order chi connectivity index (χ0) is 13.8. The minimum atomic E-state index is -1.30. The number of amides is 2. The monoisotopic (exact) mass is 250 g/mol. The van der Waals surface area contributed by atoms with E-state index in [1.807, 2.05) is 25.1 Å². The van der Waals surface area contributed by atoms with Crippen molar-refractivity contribution in [2.45, 2.75) is 32.7 Å². The number of rotatable bonds is 4. The molecule has 0 heterocycles. The van der Waals surface area contributed by atoms with Gasteiger partial charge in [0.25, 0.3) is 0 Å². The van der Waals surface area contributed by atoms with Gasteiger partial charge in [-0.1, -0.05) is 19.1 Å². The summed E-state index contributed by atoms with van der Waals surface area (Å²) in [4.78, 5) is 22.5. The summed E-state index contributed by atoms with van der Waals surface area (Å²) in [5.41, 5.74) is 0.449. The van der Waals surface area contributed by atoms with Gasteiger partial charge in [-0.05, 0) is 38.0 Å². The van der Waals surface area contributed by atoms with Crippen LogP contribution in [0.25, 0.3) is 0 Å². The van der Waals surface area contributed by atoms with Gasteiger partial charge < -0.3 is 15.7 Å². The highest BCUT2D eigenvalue weighted by molar-refractivity contribution is 5.93. The average Bonchev–Trinajstić information content (AvgIpc) is 2.28. The first-order chi connectivity index (χ1) is 8.35. The molecule has 5 nitrogen and oxygen atoms in total. The summed E-state index contributed by atoms with van der Waals surface area (Å²) in [6.07, 6.45) is 0.873. The van der Waals surface area contributed by atoms with Gasteiger partial charge >= 0.3 is 12.0 Å². The number of benzene rings is 1. The molecule has 0 fully saturated rings. The molecule has 0 aromatic heterocycles. The molecule has 1 rings (SSSR count). The number of hydrogen-bond donors (Lipinski definition) is 3. The highest BCUT2D eigenvalue weighted by Gasteiger charge is 2.28. The van der Waals surface area contributed by atoms with Crippen LogP contribution in [0, 0.1) is 0 Å². The summed E-state index contributed by atoms with van der Waals surface area (Å²) in [5, 5.41) is 13.9. The smallest absolute Gasteiger partial charge is 0.328 e. The Morgan fingerprint density at radius 1 is 1.33 bits per heavy atom. The van der Waals surface area contributed by atoms with E-state index < -0.39 is 17.5 Å². The lowest BCUT2D eigenvalue weighted by Crippen LogP contribution is -2.51. The number of carboxylic acids is 1. The van der Waals surface area contributed by atoms with E-state index in [0.717, 1.165) is 12.0 Å². The molecule has 0 aliphatic rings. The fraction of sp³-hybridized carbons (Fsp3) is 0.385. The van der Waals surface area contributed by atoms with Crippen LogP contribution in [0.15, 0.2) is 24.3 Å². The Hall–Kier alpha value is -2.04. The second-order valence-corrected chi connectivity index (χ2v) is 4.56. The predicted octanol–water partition coefficient (Wildman–Crippen LogP) is 2.23. The Morgan fingerprint density at radius 2 is 2.00 bits per heavy atom. The van der Waals surface area contributed by atoms with E-state index in [-0.39, 0.29) is 0 Å². The van der Waals surface area contributed by atoms with E-state index in [2.05, 4.69) is 10.6 Å². The van der Waals surface area contributed by atoms with Crippen LogP contribution < -0.4 is 10.6 Å². The van der Waals surface area contributed by atoms with Crippen molar-refractivity contribution in [1.82, 2.24) is 5.32 Å². The molecule has 0 aliphatic carbocycles. The van der Waals surface area contributed by atoms with Gasteiger partial charge in [0, 0.05) is 5.69 Å². The summed E-state index contributed by atoms with van der Waals surface area (Å²) in [6.45, 7) is 4.88. The molecule has 98 valence electrons. The summed E-state index contributed by atoms with van der Waals surface area (Å²) in [5.74, 6) is -1.08. The van der Waals surface area contributed by atoms with Crippen LogP contribution in [0.3, 0.4) is 0 Å². The second-order valence-electron chi connectivity index (χ2n) is 4.56. The lowest BCUT2D eigenvalue weighted by Gasteiger charge is -2.21. The van der Waals surface area contributed by atoms with Crippen LogP contribution in [0.5, 0.6) is 0 Å². The van der Waals surface area contributed by atoms with Crippen molar-refractivity contribution in [1.29, 1.82) is 0 Å². The molecule has 1 aromatic carbocycles. The van der Waals surface area contributed by atoms with Crippen molar-refractivity contribution in [2.75, 3.05) is 5.32 Å². The lowest BCUT2D eigenvalue weighted by molar-refractivity contribution is -0.142. The summed E-state index contributed by atoms with van der Waals surface area (Å²) in [6, 6.07) is 6.89. The lowest BCUT2D eigenvalue weighted by atomic mass is 10.1. The number of urea groups is 1. The normalized spacial score (nSPS) is 10.8. The van der Waals surface area contributed by atoms with Crippen molar-refractivity contribution in [3.05, 3.63) is 29.8 Å². The number of nitrogens with one attached hydrogen (secondary N) is 2. The molecule has 0 spiro atoms. The third-order valence-corrected chi connectivity index (χ3v) is 2.55. The predicted molar refractivity (Wildman–Crippen MR) is 69.7 cm³/mol. The quantitative estimate of drug-likeness (QED) is 0.766. The Kier molecular flexibility index (Phi) is 4.31. The maximum absolute atomic E-state index is 11.6. The molecule has 0 saturated heterocycles. The van der Waals surface area contributed by atoms with Crippen LogP contribution in [0.1, 0.15) is 26.3 Å². The minimum absolute atomic E-state index is 0.532. The molecule has 1 aromatic rings. The molecule has 0 aliphatic heterocycles. The van der Waals surface area contributed by atoms with Gasteiger partial charge in [0.1, 0.15) is 5.54 Å². The average molecular weight is 250 g/mol. The van der Waals surface area contributed by atoms with Crippen LogP contribution in [0.4, 0.5) is 10.5 Å². The first-order valence-corrected chi connectivity index (χ1v) is 5.76. The van der Waals surface area contributed by atoms with Crippen LogP contribution in [-0.4, -0.2) is 22.6 Å². The second kappa shape index (κ2) is 5.53.